The van der Waals surface area contributed by atoms with Crippen molar-refractivity contribution in [3.8, 4) is 0 Å². The third-order valence-electron chi connectivity index (χ3n) is 4.73. The van der Waals surface area contributed by atoms with Crippen molar-refractivity contribution in [1.29, 1.82) is 0 Å². The molecule has 124 valence electrons. The van der Waals surface area contributed by atoms with E-state index in [2.05, 4.69) is 20.9 Å². The highest BCUT2D eigenvalue weighted by molar-refractivity contribution is 5.89. The predicted octanol–water partition coefficient (Wildman–Crippen LogP) is 1.79. The Labute approximate surface area is 140 Å². The summed E-state index contributed by atoms with van der Waals surface area (Å²) >= 11 is 0. The summed E-state index contributed by atoms with van der Waals surface area (Å²) < 4.78 is 2.02. The third-order valence-corrected chi connectivity index (χ3v) is 4.73. The molecule has 1 aliphatic heterocycles. The summed E-state index contributed by atoms with van der Waals surface area (Å²) in [7, 11) is 2.00. The number of rotatable bonds is 3. The zero-order valence-electron chi connectivity index (χ0n) is 13.8. The van der Waals surface area contributed by atoms with E-state index >= 15 is 0 Å². The average Bonchev–Trinajstić information content (AvgIpc) is 3.22. The van der Waals surface area contributed by atoms with Gasteiger partial charge in [0.1, 0.15) is 0 Å². The maximum atomic E-state index is 12.6. The van der Waals surface area contributed by atoms with E-state index in [1.807, 2.05) is 53.3 Å². The van der Waals surface area contributed by atoms with Gasteiger partial charge in [-0.3, -0.25) is 4.79 Å². The lowest BCUT2D eigenvalue weighted by molar-refractivity contribution is -0.130. The minimum Gasteiger partial charge on any atom is -0.361 e. The van der Waals surface area contributed by atoms with Gasteiger partial charge in [-0.25, -0.2) is 4.98 Å². The van der Waals surface area contributed by atoms with Gasteiger partial charge in [-0.2, -0.15) is 0 Å². The first-order chi connectivity index (χ1) is 11.7. The standard InChI is InChI=1S/C18H21N5O/c1-21-7-6-19-18(21)23-10-8-22(9-11-23)17(24)12-14-13-20-16-5-3-2-4-15(14)16/h2-7,13,20H,8-12H2,1H3. The lowest BCUT2D eigenvalue weighted by atomic mass is 10.1. The van der Waals surface area contributed by atoms with Gasteiger partial charge in [-0.15, -0.1) is 0 Å². The van der Waals surface area contributed by atoms with Gasteiger partial charge >= 0.3 is 0 Å². The van der Waals surface area contributed by atoms with E-state index in [1.54, 1.807) is 0 Å². The van der Waals surface area contributed by atoms with Gasteiger partial charge in [-0.05, 0) is 11.6 Å². The normalized spacial score (nSPS) is 15.2. The van der Waals surface area contributed by atoms with Crippen molar-refractivity contribution < 1.29 is 4.79 Å². The molecule has 0 radical (unpaired) electrons. The van der Waals surface area contributed by atoms with E-state index in [-0.39, 0.29) is 5.91 Å². The van der Waals surface area contributed by atoms with Crippen LogP contribution in [0.1, 0.15) is 5.56 Å². The van der Waals surface area contributed by atoms with Gasteiger partial charge in [0.15, 0.2) is 0 Å². The number of H-pyrrole nitrogens is 1. The van der Waals surface area contributed by atoms with Crippen LogP contribution in [-0.4, -0.2) is 51.5 Å². The number of amides is 1. The number of hydrogen-bond donors (Lipinski definition) is 1. The molecule has 0 saturated carbocycles. The second kappa shape index (κ2) is 6.03. The van der Waals surface area contributed by atoms with E-state index in [0.29, 0.717) is 6.42 Å². The van der Waals surface area contributed by atoms with Crippen LogP contribution in [0.3, 0.4) is 0 Å². The Morgan fingerprint density at radius 2 is 2.00 bits per heavy atom. The topological polar surface area (TPSA) is 57.2 Å². The van der Waals surface area contributed by atoms with Crippen LogP contribution in [0.2, 0.25) is 0 Å². The summed E-state index contributed by atoms with van der Waals surface area (Å²) in [5.41, 5.74) is 2.15. The molecule has 6 nitrogen and oxygen atoms in total. The molecule has 1 amide bonds. The Kier molecular flexibility index (Phi) is 3.72. The second-order valence-corrected chi connectivity index (χ2v) is 6.24. The number of anilines is 1. The molecule has 24 heavy (non-hydrogen) atoms. The summed E-state index contributed by atoms with van der Waals surface area (Å²) in [5.74, 6) is 1.16. The molecule has 2 aromatic heterocycles. The van der Waals surface area contributed by atoms with Crippen molar-refractivity contribution in [3.63, 3.8) is 0 Å². The first kappa shape index (κ1) is 14.8. The molecular weight excluding hydrogens is 302 g/mol. The van der Waals surface area contributed by atoms with Gasteiger partial charge in [0.05, 0.1) is 6.42 Å². The molecule has 0 aliphatic carbocycles. The number of aromatic amines is 1. The molecule has 1 fully saturated rings. The zero-order chi connectivity index (χ0) is 16.5. The van der Waals surface area contributed by atoms with Crippen LogP contribution in [0.15, 0.2) is 42.9 Å². The van der Waals surface area contributed by atoms with Crippen LogP contribution < -0.4 is 4.90 Å². The Bertz CT molecular complexity index is 857. The molecule has 6 heteroatoms. The molecule has 1 aromatic carbocycles. The Morgan fingerprint density at radius 1 is 1.21 bits per heavy atom. The van der Waals surface area contributed by atoms with Crippen molar-refractivity contribution in [2.75, 3.05) is 31.1 Å². The van der Waals surface area contributed by atoms with Crippen molar-refractivity contribution in [3.05, 3.63) is 48.4 Å². The number of aromatic nitrogens is 3. The van der Waals surface area contributed by atoms with Crippen LogP contribution in [0.5, 0.6) is 0 Å². The fourth-order valence-corrected chi connectivity index (χ4v) is 3.37. The fourth-order valence-electron chi connectivity index (χ4n) is 3.37. The Hall–Kier alpha value is -2.76. The molecule has 3 aromatic rings. The Balaban J connectivity index is 1.40. The van der Waals surface area contributed by atoms with Gasteiger partial charge in [0.25, 0.3) is 0 Å². The highest BCUT2D eigenvalue weighted by atomic mass is 16.2. The van der Waals surface area contributed by atoms with Crippen LogP contribution in [-0.2, 0) is 18.3 Å². The number of piperazine rings is 1. The zero-order valence-corrected chi connectivity index (χ0v) is 13.8. The molecule has 3 heterocycles. The summed E-state index contributed by atoms with van der Waals surface area (Å²) in [5, 5.41) is 1.14. The number of carbonyl (C=O) groups excluding carboxylic acids is 1. The van der Waals surface area contributed by atoms with Gasteiger partial charge in [-0.1, -0.05) is 18.2 Å². The van der Waals surface area contributed by atoms with Crippen LogP contribution in [0.25, 0.3) is 10.9 Å². The molecule has 0 atom stereocenters. The SMILES string of the molecule is Cn1ccnc1N1CCN(C(=O)Cc2c[nH]c3ccccc23)CC1. The first-order valence-corrected chi connectivity index (χ1v) is 8.27. The smallest absolute Gasteiger partial charge is 0.227 e. The molecule has 1 N–H and O–H groups in total. The molecular formula is C18H21N5O. The van der Waals surface area contributed by atoms with Gasteiger partial charge in [0.2, 0.25) is 11.9 Å². The highest BCUT2D eigenvalue weighted by Crippen LogP contribution is 2.19. The number of aryl methyl sites for hydroxylation is 1. The number of benzene rings is 1. The first-order valence-electron chi connectivity index (χ1n) is 8.27. The predicted molar refractivity (Wildman–Crippen MR) is 94.0 cm³/mol. The number of imidazole rings is 1. The number of nitrogens with zero attached hydrogens (tertiary/aromatic N) is 4. The van der Waals surface area contributed by atoms with E-state index < -0.39 is 0 Å². The van der Waals surface area contributed by atoms with E-state index in [1.165, 1.54) is 0 Å². The van der Waals surface area contributed by atoms with E-state index in [0.717, 1.165) is 48.6 Å². The number of fused-ring (bicyclic) bond motifs is 1. The number of hydrogen-bond acceptors (Lipinski definition) is 3. The van der Waals surface area contributed by atoms with Crippen molar-refractivity contribution in [2.45, 2.75) is 6.42 Å². The number of carbonyl (C=O) groups is 1. The molecule has 1 saturated heterocycles. The van der Waals surface area contributed by atoms with Crippen molar-refractivity contribution in [2.24, 2.45) is 7.05 Å². The molecule has 0 bridgehead atoms. The van der Waals surface area contributed by atoms with Crippen LogP contribution in [0.4, 0.5) is 5.95 Å². The summed E-state index contributed by atoms with van der Waals surface area (Å²) in [6.45, 7) is 3.14. The molecule has 0 spiro atoms. The summed E-state index contributed by atoms with van der Waals surface area (Å²) in [6.07, 6.45) is 6.16. The van der Waals surface area contributed by atoms with Crippen molar-refractivity contribution in [1.82, 2.24) is 19.4 Å². The minimum absolute atomic E-state index is 0.194. The number of nitrogens with one attached hydrogen (secondary N) is 1. The second-order valence-electron chi connectivity index (χ2n) is 6.24. The molecule has 4 rings (SSSR count). The monoisotopic (exact) mass is 323 g/mol. The van der Waals surface area contributed by atoms with Gasteiger partial charge in [0, 0.05) is 62.7 Å². The van der Waals surface area contributed by atoms with Crippen LogP contribution >= 0.6 is 0 Å². The quantitative estimate of drug-likeness (QED) is 0.799. The summed E-state index contributed by atoms with van der Waals surface area (Å²) in [4.78, 5) is 24.5. The van der Waals surface area contributed by atoms with E-state index in [9.17, 15) is 4.79 Å². The van der Waals surface area contributed by atoms with Crippen molar-refractivity contribution >= 4 is 22.8 Å². The minimum atomic E-state index is 0.194. The summed E-state index contributed by atoms with van der Waals surface area (Å²) in [6, 6.07) is 8.11. The largest absolute Gasteiger partial charge is 0.361 e. The third kappa shape index (κ3) is 2.64. The van der Waals surface area contributed by atoms with Crippen LogP contribution in [0, 0.1) is 0 Å². The lowest BCUT2D eigenvalue weighted by Crippen LogP contribution is -2.49. The Morgan fingerprint density at radius 3 is 2.75 bits per heavy atom. The maximum absolute atomic E-state index is 12.6. The maximum Gasteiger partial charge on any atom is 0.227 e. The average molecular weight is 323 g/mol. The fraction of sp³-hybridized carbons (Fsp3) is 0.333. The molecule has 0 unspecified atom stereocenters. The highest BCUT2D eigenvalue weighted by Gasteiger charge is 2.23. The number of para-hydroxylation sites is 1. The lowest BCUT2D eigenvalue weighted by Gasteiger charge is -2.35. The molecule has 1 aliphatic rings. The van der Waals surface area contributed by atoms with E-state index in [4.69, 9.17) is 0 Å². The van der Waals surface area contributed by atoms with Gasteiger partial charge < -0.3 is 19.4 Å².